The third-order valence-electron chi connectivity index (χ3n) is 4.13. The van der Waals surface area contributed by atoms with Gasteiger partial charge in [0, 0.05) is 17.6 Å². The van der Waals surface area contributed by atoms with E-state index in [2.05, 4.69) is 28.5 Å². The summed E-state index contributed by atoms with van der Waals surface area (Å²) in [5, 5.41) is 1.41. The molecule has 112 valence electrons. The van der Waals surface area contributed by atoms with E-state index in [9.17, 15) is 8.42 Å². The zero-order valence-corrected chi connectivity index (χ0v) is 13.7. The predicted molar refractivity (Wildman–Crippen MR) is 83.8 cm³/mol. The van der Waals surface area contributed by atoms with E-state index in [-0.39, 0.29) is 10.9 Å². The number of benzene rings is 1. The van der Waals surface area contributed by atoms with Crippen LogP contribution in [0.15, 0.2) is 34.4 Å². The Balaban J connectivity index is 1.93. The molecule has 5 nitrogen and oxygen atoms in total. The number of thioether (sulfide) groups is 1. The van der Waals surface area contributed by atoms with Gasteiger partial charge in [-0.05, 0) is 36.3 Å². The maximum Gasteiger partial charge on any atom is 0.240 e. The number of hydrogen-bond donors (Lipinski definition) is 1. The first kappa shape index (κ1) is 14.7. The SMILES string of the molecule is CSc1ncc2cc(S(=O)(=O)NC3C(C)C3C)ccc2n1. The number of sulfonamides is 1. The molecule has 0 amide bonds. The molecule has 0 aliphatic heterocycles. The van der Waals surface area contributed by atoms with E-state index in [0.29, 0.717) is 17.0 Å². The maximum absolute atomic E-state index is 12.4. The van der Waals surface area contributed by atoms with Crippen LogP contribution < -0.4 is 4.72 Å². The Hall–Kier alpha value is -1.18. The van der Waals surface area contributed by atoms with Gasteiger partial charge in [-0.2, -0.15) is 0 Å². The second-order valence-electron chi connectivity index (χ2n) is 5.44. The van der Waals surface area contributed by atoms with Gasteiger partial charge < -0.3 is 0 Å². The molecule has 0 saturated heterocycles. The van der Waals surface area contributed by atoms with E-state index < -0.39 is 10.0 Å². The first-order valence-corrected chi connectivity index (χ1v) is 9.46. The average Bonchev–Trinajstić information content (AvgIpc) is 3.03. The number of nitrogens with one attached hydrogen (secondary N) is 1. The van der Waals surface area contributed by atoms with Gasteiger partial charge in [0.25, 0.3) is 0 Å². The molecule has 2 unspecified atom stereocenters. The van der Waals surface area contributed by atoms with Crippen LogP contribution in [0.2, 0.25) is 0 Å². The molecule has 1 saturated carbocycles. The van der Waals surface area contributed by atoms with Crippen molar-refractivity contribution in [2.45, 2.75) is 29.9 Å². The summed E-state index contributed by atoms with van der Waals surface area (Å²) in [5.41, 5.74) is 0.751. The molecule has 0 radical (unpaired) electrons. The molecular weight excluding hydrogens is 306 g/mol. The van der Waals surface area contributed by atoms with Gasteiger partial charge in [0.05, 0.1) is 10.4 Å². The molecule has 1 aliphatic carbocycles. The number of rotatable bonds is 4. The molecule has 1 heterocycles. The number of fused-ring (bicyclic) bond motifs is 1. The Morgan fingerprint density at radius 2 is 1.95 bits per heavy atom. The van der Waals surface area contributed by atoms with Crippen molar-refractivity contribution in [3.8, 4) is 0 Å². The van der Waals surface area contributed by atoms with Crippen LogP contribution >= 0.6 is 11.8 Å². The first-order valence-electron chi connectivity index (χ1n) is 6.75. The summed E-state index contributed by atoms with van der Waals surface area (Å²) in [6.07, 6.45) is 3.57. The number of aromatic nitrogens is 2. The Morgan fingerprint density at radius 3 is 2.57 bits per heavy atom. The normalized spacial score (nSPS) is 25.2. The van der Waals surface area contributed by atoms with Crippen LogP contribution in [0.5, 0.6) is 0 Å². The van der Waals surface area contributed by atoms with Gasteiger partial charge in [0.1, 0.15) is 0 Å². The van der Waals surface area contributed by atoms with Gasteiger partial charge in [-0.1, -0.05) is 25.6 Å². The quantitative estimate of drug-likeness (QED) is 0.690. The highest BCUT2D eigenvalue weighted by atomic mass is 32.2. The zero-order chi connectivity index (χ0) is 15.2. The molecule has 3 rings (SSSR count). The fraction of sp³-hybridized carbons (Fsp3) is 0.429. The van der Waals surface area contributed by atoms with Crippen molar-refractivity contribution in [1.29, 1.82) is 0 Å². The monoisotopic (exact) mass is 323 g/mol. The van der Waals surface area contributed by atoms with Crippen molar-refractivity contribution in [2.75, 3.05) is 6.26 Å². The molecule has 7 heteroatoms. The fourth-order valence-corrected chi connectivity index (χ4v) is 4.19. The van der Waals surface area contributed by atoms with Crippen molar-refractivity contribution in [2.24, 2.45) is 11.8 Å². The van der Waals surface area contributed by atoms with Gasteiger partial charge in [0.15, 0.2) is 5.16 Å². The Bertz CT molecular complexity index is 784. The summed E-state index contributed by atoms with van der Waals surface area (Å²) in [5.74, 6) is 0.792. The van der Waals surface area contributed by atoms with Crippen molar-refractivity contribution in [1.82, 2.24) is 14.7 Å². The topological polar surface area (TPSA) is 72.0 Å². The molecule has 1 aliphatic rings. The average molecular weight is 323 g/mol. The minimum atomic E-state index is -3.48. The molecule has 1 N–H and O–H groups in total. The summed E-state index contributed by atoms with van der Waals surface area (Å²) in [6, 6.07) is 4.99. The second-order valence-corrected chi connectivity index (χ2v) is 7.93. The highest BCUT2D eigenvalue weighted by Crippen LogP contribution is 2.38. The Kier molecular flexibility index (Phi) is 3.67. The number of nitrogens with zero attached hydrogens (tertiary/aromatic N) is 2. The lowest BCUT2D eigenvalue weighted by Crippen LogP contribution is -2.27. The van der Waals surface area contributed by atoms with Crippen LogP contribution in [0.3, 0.4) is 0 Å². The minimum absolute atomic E-state index is 0.0424. The molecule has 2 aromatic rings. The lowest BCUT2D eigenvalue weighted by Gasteiger charge is -2.07. The van der Waals surface area contributed by atoms with Crippen molar-refractivity contribution < 1.29 is 8.42 Å². The van der Waals surface area contributed by atoms with Gasteiger partial charge in [-0.25, -0.2) is 23.1 Å². The van der Waals surface area contributed by atoms with E-state index in [1.807, 2.05) is 6.26 Å². The molecule has 0 bridgehead atoms. The van der Waals surface area contributed by atoms with Crippen LogP contribution in [-0.2, 0) is 10.0 Å². The zero-order valence-electron chi connectivity index (χ0n) is 12.1. The van der Waals surface area contributed by atoms with Crippen LogP contribution in [-0.4, -0.2) is 30.7 Å². The van der Waals surface area contributed by atoms with E-state index in [4.69, 9.17) is 0 Å². The summed E-state index contributed by atoms with van der Waals surface area (Å²) in [6.45, 7) is 4.10. The van der Waals surface area contributed by atoms with Crippen LogP contribution in [0.1, 0.15) is 13.8 Å². The third kappa shape index (κ3) is 2.77. The molecule has 21 heavy (non-hydrogen) atoms. The summed E-state index contributed by atoms with van der Waals surface area (Å²) < 4.78 is 27.5. The Morgan fingerprint density at radius 1 is 1.24 bits per heavy atom. The van der Waals surface area contributed by atoms with Crippen LogP contribution in [0, 0.1) is 11.8 Å². The first-order chi connectivity index (χ1) is 9.92. The standard InChI is InChI=1S/C14H17N3O2S2/c1-8-9(2)13(8)17-21(18,19)11-4-5-12-10(6-11)7-15-14(16-12)20-3/h4-9,13,17H,1-3H3. The van der Waals surface area contributed by atoms with Crippen molar-refractivity contribution in [3.63, 3.8) is 0 Å². The molecule has 2 atom stereocenters. The smallest absolute Gasteiger partial charge is 0.230 e. The Labute approximate surface area is 128 Å². The summed E-state index contributed by atoms with van der Waals surface area (Å²) in [4.78, 5) is 8.80. The van der Waals surface area contributed by atoms with E-state index in [1.54, 1.807) is 24.4 Å². The summed E-state index contributed by atoms with van der Waals surface area (Å²) in [7, 11) is -3.48. The second kappa shape index (κ2) is 5.23. The van der Waals surface area contributed by atoms with E-state index >= 15 is 0 Å². The molecule has 0 spiro atoms. The molecule has 1 fully saturated rings. The highest BCUT2D eigenvalue weighted by molar-refractivity contribution is 7.98. The van der Waals surface area contributed by atoms with E-state index in [1.165, 1.54) is 11.8 Å². The van der Waals surface area contributed by atoms with Gasteiger partial charge in [-0.3, -0.25) is 0 Å². The van der Waals surface area contributed by atoms with E-state index in [0.717, 1.165) is 10.9 Å². The third-order valence-corrected chi connectivity index (χ3v) is 6.15. The molecule has 1 aromatic heterocycles. The van der Waals surface area contributed by atoms with Crippen LogP contribution in [0.25, 0.3) is 10.9 Å². The lowest BCUT2D eigenvalue weighted by molar-refractivity contribution is 0.577. The minimum Gasteiger partial charge on any atom is -0.230 e. The van der Waals surface area contributed by atoms with Gasteiger partial charge >= 0.3 is 0 Å². The van der Waals surface area contributed by atoms with Crippen molar-refractivity contribution in [3.05, 3.63) is 24.4 Å². The maximum atomic E-state index is 12.4. The molecular formula is C14H17N3O2S2. The summed E-state index contributed by atoms with van der Waals surface area (Å²) >= 11 is 1.46. The van der Waals surface area contributed by atoms with Gasteiger partial charge in [-0.15, -0.1) is 0 Å². The predicted octanol–water partition coefficient (Wildman–Crippen LogP) is 2.28. The van der Waals surface area contributed by atoms with Crippen molar-refractivity contribution >= 4 is 32.7 Å². The highest BCUT2D eigenvalue weighted by Gasteiger charge is 2.45. The largest absolute Gasteiger partial charge is 0.240 e. The molecule has 1 aromatic carbocycles. The number of hydrogen-bond acceptors (Lipinski definition) is 5. The lowest BCUT2D eigenvalue weighted by atomic mass is 10.2. The fourth-order valence-electron chi connectivity index (χ4n) is 2.38. The van der Waals surface area contributed by atoms with Gasteiger partial charge in [0.2, 0.25) is 10.0 Å². The van der Waals surface area contributed by atoms with Crippen LogP contribution in [0.4, 0.5) is 0 Å².